The Kier molecular flexibility index (Phi) is 5.90. The smallest absolute Gasteiger partial charge is 0.244 e. The van der Waals surface area contributed by atoms with Crippen LogP contribution in [0.2, 0.25) is 5.02 Å². The largest absolute Gasteiger partial charge is 0.323 e. The first-order chi connectivity index (χ1) is 13.3. The van der Waals surface area contributed by atoms with Crippen molar-refractivity contribution in [3.05, 3.63) is 53.6 Å². The van der Waals surface area contributed by atoms with E-state index in [1.54, 1.807) is 48.5 Å². The van der Waals surface area contributed by atoms with Crippen LogP contribution in [0.5, 0.6) is 0 Å². The van der Waals surface area contributed by atoms with Crippen LogP contribution in [0.4, 0.5) is 17.1 Å². The van der Waals surface area contributed by atoms with Crippen LogP contribution in [-0.4, -0.2) is 39.6 Å². The fraction of sp³-hybridized carbons (Fsp3) is 0.263. The molecule has 1 heterocycles. The zero-order valence-electron chi connectivity index (χ0n) is 15.3. The third-order valence-electron chi connectivity index (χ3n) is 4.32. The van der Waals surface area contributed by atoms with Crippen LogP contribution in [0.15, 0.2) is 48.5 Å². The second kappa shape index (κ2) is 8.20. The summed E-state index contributed by atoms with van der Waals surface area (Å²) in [5, 5.41) is 3.16. The molecule has 2 amide bonds. The van der Waals surface area contributed by atoms with E-state index < -0.39 is 10.0 Å². The molecule has 0 aromatic heterocycles. The van der Waals surface area contributed by atoms with E-state index in [0.29, 0.717) is 28.5 Å². The van der Waals surface area contributed by atoms with Crippen molar-refractivity contribution in [1.29, 1.82) is 0 Å². The van der Waals surface area contributed by atoms with Crippen LogP contribution in [0.1, 0.15) is 12.8 Å². The Bertz CT molecular complexity index is 1010. The monoisotopic (exact) mass is 421 g/mol. The van der Waals surface area contributed by atoms with E-state index in [4.69, 9.17) is 11.6 Å². The number of carbonyl (C=O) groups excluding carboxylic acids is 2. The van der Waals surface area contributed by atoms with Gasteiger partial charge in [-0.1, -0.05) is 29.8 Å². The molecule has 1 aliphatic rings. The summed E-state index contributed by atoms with van der Waals surface area (Å²) in [7, 11) is -3.53. The number of nitrogens with one attached hydrogen (secondary N) is 1. The van der Waals surface area contributed by atoms with E-state index >= 15 is 0 Å². The summed E-state index contributed by atoms with van der Waals surface area (Å²) in [5.74, 6) is -0.495. The molecular weight excluding hydrogens is 402 g/mol. The van der Waals surface area contributed by atoms with Gasteiger partial charge in [0.05, 0.1) is 23.3 Å². The third-order valence-corrected chi connectivity index (χ3v) is 5.75. The van der Waals surface area contributed by atoms with Crippen molar-refractivity contribution < 1.29 is 18.0 Å². The topological polar surface area (TPSA) is 86.8 Å². The fourth-order valence-corrected chi connectivity index (χ4v) is 4.22. The molecule has 0 aliphatic carbocycles. The maximum atomic E-state index is 12.7. The summed E-state index contributed by atoms with van der Waals surface area (Å²) in [6, 6.07) is 13.6. The van der Waals surface area contributed by atoms with Crippen LogP contribution < -0.4 is 14.5 Å². The lowest BCUT2D eigenvalue weighted by Gasteiger charge is -2.29. The number of para-hydroxylation sites is 2. The Morgan fingerprint density at radius 3 is 2.68 bits per heavy atom. The lowest BCUT2D eigenvalue weighted by Crippen LogP contribution is -2.42. The first kappa shape index (κ1) is 20.2. The summed E-state index contributed by atoms with van der Waals surface area (Å²) < 4.78 is 25.5. The molecule has 0 atom stereocenters. The molecule has 3 rings (SSSR count). The van der Waals surface area contributed by atoms with Crippen LogP contribution in [0.25, 0.3) is 0 Å². The van der Waals surface area contributed by atoms with Gasteiger partial charge < -0.3 is 10.2 Å². The summed E-state index contributed by atoms with van der Waals surface area (Å²) >= 11 is 5.97. The number of halogens is 1. The van der Waals surface area contributed by atoms with Gasteiger partial charge in [-0.25, -0.2) is 8.42 Å². The molecule has 148 valence electrons. The van der Waals surface area contributed by atoms with Gasteiger partial charge in [-0.05, 0) is 36.8 Å². The first-order valence-corrected chi connectivity index (χ1v) is 10.9. The Morgan fingerprint density at radius 2 is 1.96 bits per heavy atom. The molecular formula is C19H20ClN3O4S. The van der Waals surface area contributed by atoms with E-state index in [-0.39, 0.29) is 31.3 Å². The van der Waals surface area contributed by atoms with Gasteiger partial charge in [-0.15, -0.1) is 0 Å². The molecule has 0 saturated carbocycles. The molecule has 0 radical (unpaired) electrons. The van der Waals surface area contributed by atoms with Crippen molar-refractivity contribution in [1.82, 2.24) is 0 Å². The van der Waals surface area contributed by atoms with Gasteiger partial charge in [0, 0.05) is 18.0 Å². The number of hydrogen-bond donors (Lipinski definition) is 1. The average Bonchev–Trinajstić information content (AvgIpc) is 2.63. The van der Waals surface area contributed by atoms with Crippen molar-refractivity contribution in [3.8, 4) is 0 Å². The normalized spacial score (nSPS) is 13.6. The summed E-state index contributed by atoms with van der Waals surface area (Å²) in [5.41, 5.74) is 1.68. The van der Waals surface area contributed by atoms with Gasteiger partial charge in [0.2, 0.25) is 21.8 Å². The number of rotatable bonds is 6. The number of sulfonamides is 1. The average molecular weight is 422 g/mol. The molecule has 0 saturated heterocycles. The standard InChI is InChI=1S/C19H20ClN3O4S/c1-28(26,27)23(15-7-4-6-14(20)12-15)11-5-10-19(25)22-13-18(24)21-16-8-2-3-9-17(16)22/h2-4,6-9,12H,5,10-11,13H2,1H3,(H,21,24). The fourth-order valence-electron chi connectivity index (χ4n) is 3.08. The second-order valence-corrected chi connectivity index (χ2v) is 8.81. The van der Waals surface area contributed by atoms with Crippen LogP contribution in [0, 0.1) is 0 Å². The predicted molar refractivity (Wildman–Crippen MR) is 110 cm³/mol. The Labute approximate surface area is 168 Å². The highest BCUT2D eigenvalue weighted by molar-refractivity contribution is 7.92. The van der Waals surface area contributed by atoms with Crippen molar-refractivity contribution in [2.75, 3.05) is 33.9 Å². The quantitative estimate of drug-likeness (QED) is 0.776. The maximum absolute atomic E-state index is 12.7. The van der Waals surface area contributed by atoms with E-state index in [0.717, 1.165) is 6.26 Å². The molecule has 2 aromatic rings. The Balaban J connectivity index is 1.70. The van der Waals surface area contributed by atoms with Gasteiger partial charge in [0.1, 0.15) is 6.54 Å². The van der Waals surface area contributed by atoms with E-state index in [1.807, 2.05) is 0 Å². The number of carbonyl (C=O) groups is 2. The van der Waals surface area contributed by atoms with Crippen LogP contribution in [0.3, 0.4) is 0 Å². The molecule has 0 fully saturated rings. The van der Waals surface area contributed by atoms with Gasteiger partial charge in [-0.3, -0.25) is 13.9 Å². The third kappa shape index (κ3) is 4.63. The summed E-state index contributed by atoms with van der Waals surface area (Å²) in [4.78, 5) is 26.0. The zero-order valence-corrected chi connectivity index (χ0v) is 16.8. The van der Waals surface area contributed by atoms with Crippen molar-refractivity contribution in [2.24, 2.45) is 0 Å². The minimum absolute atomic E-state index is 0.0556. The molecule has 1 aliphatic heterocycles. The summed E-state index contributed by atoms with van der Waals surface area (Å²) in [6.45, 7) is 0.0759. The van der Waals surface area contributed by atoms with E-state index in [2.05, 4.69) is 5.32 Å². The highest BCUT2D eigenvalue weighted by Gasteiger charge is 2.26. The number of nitrogens with zero attached hydrogens (tertiary/aromatic N) is 2. The maximum Gasteiger partial charge on any atom is 0.244 e. The number of hydrogen-bond acceptors (Lipinski definition) is 4. The first-order valence-electron chi connectivity index (χ1n) is 8.68. The Hall–Kier alpha value is -2.58. The van der Waals surface area contributed by atoms with Gasteiger partial charge >= 0.3 is 0 Å². The lowest BCUT2D eigenvalue weighted by molar-refractivity contribution is -0.121. The van der Waals surface area contributed by atoms with Crippen molar-refractivity contribution >= 4 is 50.5 Å². The van der Waals surface area contributed by atoms with Crippen molar-refractivity contribution in [2.45, 2.75) is 12.8 Å². The molecule has 0 unspecified atom stereocenters. The molecule has 7 nitrogen and oxygen atoms in total. The van der Waals surface area contributed by atoms with Crippen LogP contribution in [-0.2, 0) is 19.6 Å². The number of benzene rings is 2. The summed E-state index contributed by atoms with van der Waals surface area (Å²) in [6.07, 6.45) is 1.52. The molecule has 1 N–H and O–H groups in total. The van der Waals surface area contributed by atoms with Gasteiger partial charge in [-0.2, -0.15) is 0 Å². The second-order valence-electron chi connectivity index (χ2n) is 6.46. The zero-order chi connectivity index (χ0) is 20.3. The SMILES string of the molecule is CS(=O)(=O)N(CCCC(=O)N1CC(=O)Nc2ccccc21)c1cccc(Cl)c1. The number of fused-ring (bicyclic) bond motifs is 1. The minimum Gasteiger partial charge on any atom is -0.323 e. The molecule has 28 heavy (non-hydrogen) atoms. The van der Waals surface area contributed by atoms with Crippen molar-refractivity contribution in [3.63, 3.8) is 0 Å². The molecule has 2 aromatic carbocycles. The van der Waals surface area contributed by atoms with Gasteiger partial charge in [0.25, 0.3) is 0 Å². The number of anilines is 3. The minimum atomic E-state index is -3.53. The number of amides is 2. The van der Waals surface area contributed by atoms with Gasteiger partial charge in [0.15, 0.2) is 0 Å². The van der Waals surface area contributed by atoms with E-state index in [9.17, 15) is 18.0 Å². The van der Waals surface area contributed by atoms with Crippen LogP contribution >= 0.6 is 11.6 Å². The molecule has 9 heteroatoms. The highest BCUT2D eigenvalue weighted by atomic mass is 35.5. The molecule has 0 bridgehead atoms. The van der Waals surface area contributed by atoms with E-state index in [1.165, 1.54) is 9.21 Å². The Morgan fingerprint density at radius 1 is 1.21 bits per heavy atom. The highest BCUT2D eigenvalue weighted by Crippen LogP contribution is 2.29. The lowest BCUT2D eigenvalue weighted by atomic mass is 10.1. The predicted octanol–water partition coefficient (Wildman–Crippen LogP) is 2.87. The molecule has 0 spiro atoms.